The van der Waals surface area contributed by atoms with E-state index in [0.29, 0.717) is 11.4 Å². The van der Waals surface area contributed by atoms with Crippen LogP contribution in [0.2, 0.25) is 5.02 Å². The molecule has 0 radical (unpaired) electrons. The lowest BCUT2D eigenvalue weighted by Crippen LogP contribution is -2.47. The highest BCUT2D eigenvalue weighted by atomic mass is 35.5. The zero-order chi connectivity index (χ0) is 20.7. The average Bonchev–Trinajstić information content (AvgIpc) is 3.35. The van der Waals surface area contributed by atoms with Crippen LogP contribution in [0.15, 0.2) is 65.8 Å². The molecule has 0 saturated heterocycles. The first kappa shape index (κ1) is 19.4. The van der Waals surface area contributed by atoms with Crippen LogP contribution >= 0.6 is 11.6 Å². The molecule has 1 fully saturated rings. The van der Waals surface area contributed by atoms with Gasteiger partial charge in [0.1, 0.15) is 0 Å². The van der Waals surface area contributed by atoms with Gasteiger partial charge in [-0.25, -0.2) is 0 Å². The number of anilines is 1. The third-order valence-electron chi connectivity index (χ3n) is 7.11. The molecule has 0 amide bonds. The Kier molecular flexibility index (Phi) is 4.94. The minimum Gasteiger partial charge on any atom is -0.481 e. The number of hydrogen-bond donors (Lipinski definition) is 2. The maximum atomic E-state index is 12.1. The number of fused-ring (bicyclic) bond motifs is 2. The number of halogens is 1. The smallest absolute Gasteiger partial charge is 0.308 e. The van der Waals surface area contributed by atoms with Gasteiger partial charge in [-0.15, -0.1) is 0 Å². The van der Waals surface area contributed by atoms with Crippen molar-refractivity contribution in [2.45, 2.75) is 50.0 Å². The number of carboxylic acids is 1. The molecule has 1 saturated carbocycles. The highest BCUT2D eigenvalue weighted by molar-refractivity contribution is 6.30. The molecule has 0 heterocycles. The number of carbonyl (C=O) groups is 1. The molecule has 1 spiro atoms. The van der Waals surface area contributed by atoms with Crippen LogP contribution < -0.4 is 5.32 Å². The van der Waals surface area contributed by atoms with Crippen molar-refractivity contribution in [2.24, 2.45) is 5.92 Å². The molecular formula is C26H26ClNO2. The molecule has 2 N–H and O–H groups in total. The van der Waals surface area contributed by atoms with E-state index in [0.717, 1.165) is 31.4 Å². The molecule has 30 heavy (non-hydrogen) atoms. The number of aliphatic carboxylic acids is 1. The van der Waals surface area contributed by atoms with Crippen LogP contribution in [0.3, 0.4) is 0 Å². The third kappa shape index (κ3) is 3.26. The molecule has 0 aromatic heterocycles. The maximum Gasteiger partial charge on any atom is 0.308 e. The van der Waals surface area contributed by atoms with Crippen molar-refractivity contribution in [1.82, 2.24) is 0 Å². The highest BCUT2D eigenvalue weighted by Gasteiger charge is 2.50. The Morgan fingerprint density at radius 3 is 2.80 bits per heavy atom. The molecular weight excluding hydrogens is 394 g/mol. The molecule has 3 nitrogen and oxygen atoms in total. The van der Waals surface area contributed by atoms with Crippen LogP contribution in [0.25, 0.3) is 6.08 Å². The summed E-state index contributed by atoms with van der Waals surface area (Å²) >= 11 is 6.19. The van der Waals surface area contributed by atoms with Gasteiger partial charge in [-0.2, -0.15) is 0 Å². The van der Waals surface area contributed by atoms with Crippen molar-refractivity contribution in [3.8, 4) is 0 Å². The van der Waals surface area contributed by atoms with E-state index in [1.165, 1.54) is 28.7 Å². The van der Waals surface area contributed by atoms with Gasteiger partial charge in [0.15, 0.2) is 0 Å². The van der Waals surface area contributed by atoms with E-state index in [4.69, 9.17) is 11.6 Å². The molecule has 2 aromatic rings. The number of carboxylic acid groups (broad SMARTS) is 1. The Labute approximate surface area is 182 Å². The summed E-state index contributed by atoms with van der Waals surface area (Å²) < 4.78 is 0. The van der Waals surface area contributed by atoms with E-state index in [1.807, 2.05) is 24.3 Å². The largest absolute Gasteiger partial charge is 0.481 e. The Morgan fingerprint density at radius 1 is 1.17 bits per heavy atom. The molecule has 2 aromatic carbocycles. The zero-order valence-corrected chi connectivity index (χ0v) is 17.7. The van der Waals surface area contributed by atoms with Gasteiger partial charge in [-0.1, -0.05) is 54.1 Å². The second-order valence-corrected chi connectivity index (χ2v) is 9.23. The summed E-state index contributed by atoms with van der Waals surface area (Å²) in [6.45, 7) is 0. The molecule has 154 valence electrons. The van der Waals surface area contributed by atoms with Crippen molar-refractivity contribution >= 4 is 29.3 Å². The van der Waals surface area contributed by atoms with Crippen molar-refractivity contribution < 1.29 is 9.90 Å². The molecule has 0 bridgehead atoms. The summed E-state index contributed by atoms with van der Waals surface area (Å²) in [6, 6.07) is 16.1. The normalized spacial score (nSPS) is 27.5. The summed E-state index contributed by atoms with van der Waals surface area (Å²) in [4.78, 5) is 12.1. The molecule has 3 aliphatic carbocycles. The van der Waals surface area contributed by atoms with Gasteiger partial charge >= 0.3 is 5.97 Å². The first-order chi connectivity index (χ1) is 14.6. The maximum absolute atomic E-state index is 12.1. The summed E-state index contributed by atoms with van der Waals surface area (Å²) in [5.41, 5.74) is 6.29. The fraction of sp³-hybridized carbons (Fsp3) is 0.346. The van der Waals surface area contributed by atoms with E-state index in [1.54, 1.807) is 0 Å². The van der Waals surface area contributed by atoms with E-state index in [-0.39, 0.29) is 11.5 Å². The van der Waals surface area contributed by atoms with E-state index >= 15 is 0 Å². The van der Waals surface area contributed by atoms with Gasteiger partial charge in [0.05, 0.1) is 5.92 Å². The van der Waals surface area contributed by atoms with Gasteiger partial charge in [0, 0.05) is 22.2 Å². The monoisotopic (exact) mass is 419 g/mol. The van der Waals surface area contributed by atoms with Crippen LogP contribution in [0, 0.1) is 5.92 Å². The van der Waals surface area contributed by atoms with Gasteiger partial charge in [-0.05, 0) is 79.0 Å². The topological polar surface area (TPSA) is 49.3 Å². The Hall–Kier alpha value is -2.52. The Balaban J connectivity index is 1.55. The fourth-order valence-corrected chi connectivity index (χ4v) is 5.95. The second-order valence-electron chi connectivity index (χ2n) is 8.80. The first-order valence-corrected chi connectivity index (χ1v) is 11.2. The number of benzene rings is 2. The van der Waals surface area contributed by atoms with Crippen molar-refractivity contribution in [3.05, 3.63) is 81.9 Å². The van der Waals surface area contributed by atoms with E-state index in [2.05, 4.69) is 41.7 Å². The van der Waals surface area contributed by atoms with Gasteiger partial charge < -0.3 is 10.4 Å². The number of rotatable bonds is 4. The lowest BCUT2D eigenvalue weighted by molar-refractivity contribution is -0.143. The quantitative estimate of drug-likeness (QED) is 0.598. The third-order valence-corrected chi connectivity index (χ3v) is 7.34. The van der Waals surface area contributed by atoms with Crippen molar-refractivity contribution in [1.29, 1.82) is 0 Å². The summed E-state index contributed by atoms with van der Waals surface area (Å²) in [5, 5.41) is 14.1. The minimum atomic E-state index is -0.721. The lowest BCUT2D eigenvalue weighted by Gasteiger charge is -2.45. The standard InChI is InChI=1S/C26H26ClNO2/c27-19-9-5-10-20(15-19)28-24-16-26(13-12-21(24)25(29)30)22-11-4-3-8-18(22)14-23(26)17-6-1-2-7-17/h3-6,8-11,14-15,21,24,28H,1-2,7,12-13,16H2,(H,29,30)/t21-,24?,26-/m0/s1. The second kappa shape index (κ2) is 7.63. The van der Waals surface area contributed by atoms with Gasteiger partial charge in [0.25, 0.3) is 0 Å². The van der Waals surface area contributed by atoms with Crippen LogP contribution in [-0.4, -0.2) is 17.1 Å². The van der Waals surface area contributed by atoms with E-state index < -0.39 is 11.9 Å². The highest BCUT2D eigenvalue weighted by Crippen LogP contribution is 2.55. The molecule has 5 rings (SSSR count). The van der Waals surface area contributed by atoms with Gasteiger partial charge in [-0.3, -0.25) is 4.79 Å². The first-order valence-electron chi connectivity index (χ1n) is 10.8. The van der Waals surface area contributed by atoms with Crippen molar-refractivity contribution in [2.75, 3.05) is 5.32 Å². The van der Waals surface area contributed by atoms with Crippen LogP contribution in [0.5, 0.6) is 0 Å². The van der Waals surface area contributed by atoms with Crippen LogP contribution in [0.1, 0.15) is 49.7 Å². The lowest BCUT2D eigenvalue weighted by atomic mass is 9.61. The van der Waals surface area contributed by atoms with Crippen LogP contribution in [0.4, 0.5) is 5.69 Å². The number of allylic oxidation sites excluding steroid dienone is 3. The molecule has 4 heteroatoms. The SMILES string of the molecule is O=C(O)[C@H]1CC[C@@]2(CC1Nc1cccc(Cl)c1)C(C1=CCCC1)=Cc1ccccc12. The average molecular weight is 420 g/mol. The van der Waals surface area contributed by atoms with Gasteiger partial charge in [0.2, 0.25) is 0 Å². The summed E-state index contributed by atoms with van der Waals surface area (Å²) in [5.74, 6) is -1.14. The Morgan fingerprint density at radius 2 is 2.03 bits per heavy atom. The Bertz CT molecular complexity index is 1060. The molecule has 0 aliphatic heterocycles. The summed E-state index contributed by atoms with van der Waals surface area (Å²) in [7, 11) is 0. The van der Waals surface area contributed by atoms with Crippen LogP contribution in [-0.2, 0) is 10.2 Å². The molecule has 1 unspecified atom stereocenters. The molecule has 3 aliphatic rings. The summed E-state index contributed by atoms with van der Waals surface area (Å²) in [6.07, 6.45) is 10.5. The zero-order valence-electron chi connectivity index (χ0n) is 16.9. The minimum absolute atomic E-state index is 0.116. The molecule has 3 atom stereocenters. The number of nitrogens with one attached hydrogen (secondary N) is 1. The fourth-order valence-electron chi connectivity index (χ4n) is 5.76. The van der Waals surface area contributed by atoms with E-state index in [9.17, 15) is 9.90 Å². The van der Waals surface area contributed by atoms with Crippen molar-refractivity contribution in [3.63, 3.8) is 0 Å². The number of hydrogen-bond acceptors (Lipinski definition) is 2. The predicted molar refractivity (Wildman–Crippen MR) is 122 cm³/mol. The predicted octanol–water partition coefficient (Wildman–Crippen LogP) is 6.45.